The second kappa shape index (κ2) is 6.78. The predicted octanol–water partition coefficient (Wildman–Crippen LogP) is 1.32. The summed E-state index contributed by atoms with van der Waals surface area (Å²) in [6.07, 6.45) is 1.06. The fraction of sp³-hybridized carbons (Fsp3) is 0.429. The van der Waals surface area contributed by atoms with Crippen LogP contribution in [0.5, 0.6) is 0 Å². The molecule has 1 saturated carbocycles. The van der Waals surface area contributed by atoms with Crippen molar-refractivity contribution in [2.45, 2.75) is 25.4 Å². The van der Waals surface area contributed by atoms with Gasteiger partial charge in [0, 0.05) is 0 Å². The highest BCUT2D eigenvalue weighted by Gasteiger charge is 2.31. The van der Waals surface area contributed by atoms with Gasteiger partial charge in [0.25, 0.3) is 0 Å². The van der Waals surface area contributed by atoms with Crippen molar-refractivity contribution in [1.82, 2.24) is 5.32 Å². The summed E-state index contributed by atoms with van der Waals surface area (Å²) in [4.78, 5) is 23.3. The lowest BCUT2D eigenvalue weighted by atomic mass is 10.1. The van der Waals surface area contributed by atoms with Crippen LogP contribution in [0.15, 0.2) is 12.1 Å². The van der Waals surface area contributed by atoms with Crippen molar-refractivity contribution in [3.05, 3.63) is 29.6 Å². The van der Waals surface area contributed by atoms with Gasteiger partial charge in [0.2, 0.25) is 11.8 Å². The number of hydrogen-bond donors (Lipinski definition) is 3. The Morgan fingerprint density at radius 3 is 2.55 bits per heavy atom. The third-order valence-corrected chi connectivity index (χ3v) is 3.55. The summed E-state index contributed by atoms with van der Waals surface area (Å²) in [7, 11) is 0. The molecule has 2 rings (SSSR count). The molecule has 5 nitrogen and oxygen atoms in total. The number of amides is 2. The van der Waals surface area contributed by atoms with Crippen LogP contribution >= 0.6 is 0 Å². The normalized spacial score (nSPS) is 20.7. The van der Waals surface area contributed by atoms with E-state index in [2.05, 4.69) is 5.32 Å². The van der Waals surface area contributed by atoms with Gasteiger partial charge >= 0.3 is 0 Å². The van der Waals surface area contributed by atoms with Crippen LogP contribution in [0.25, 0.3) is 0 Å². The number of aliphatic hydroxyl groups is 1. The summed E-state index contributed by atoms with van der Waals surface area (Å²) in [6, 6.07) is 1.57. The van der Waals surface area contributed by atoms with Gasteiger partial charge in [-0.2, -0.15) is 0 Å². The van der Waals surface area contributed by atoms with E-state index >= 15 is 0 Å². The summed E-state index contributed by atoms with van der Waals surface area (Å²) < 4.78 is 39.1. The molecular formula is C14H15F3N2O3. The average Bonchev–Trinajstić information content (AvgIpc) is 2.91. The molecule has 1 fully saturated rings. The predicted molar refractivity (Wildman–Crippen MR) is 71.3 cm³/mol. The highest BCUT2D eigenvalue weighted by atomic mass is 19.2. The van der Waals surface area contributed by atoms with Gasteiger partial charge in [-0.1, -0.05) is 0 Å². The Hall–Kier alpha value is -2.09. The number of halogens is 3. The standard InChI is InChI=1S/C14H15F3N2O3/c15-8-4-5-9(13(17)12(8)16)19-11(21)6-18-14(22)7-2-1-3-10(7)20/h4-5,7,10,20H,1-3,6H2,(H,18,22)(H,19,21). The zero-order valence-electron chi connectivity index (χ0n) is 11.5. The van der Waals surface area contributed by atoms with Gasteiger partial charge in [-0.15, -0.1) is 0 Å². The Balaban J connectivity index is 1.88. The summed E-state index contributed by atoms with van der Waals surface area (Å²) in [5.74, 6) is -6.37. The Morgan fingerprint density at radius 2 is 1.91 bits per heavy atom. The van der Waals surface area contributed by atoms with Crippen LogP contribution in [0.1, 0.15) is 19.3 Å². The Kier molecular flexibility index (Phi) is 5.02. The number of rotatable bonds is 4. The molecule has 3 N–H and O–H groups in total. The molecule has 2 atom stereocenters. The molecular weight excluding hydrogens is 301 g/mol. The Morgan fingerprint density at radius 1 is 1.18 bits per heavy atom. The quantitative estimate of drug-likeness (QED) is 0.733. The van der Waals surface area contributed by atoms with Crippen LogP contribution < -0.4 is 10.6 Å². The first-order valence-electron chi connectivity index (χ1n) is 6.79. The van der Waals surface area contributed by atoms with Gasteiger partial charge in [-0.3, -0.25) is 9.59 Å². The number of hydrogen-bond acceptors (Lipinski definition) is 3. The highest BCUT2D eigenvalue weighted by Crippen LogP contribution is 2.25. The van der Waals surface area contributed by atoms with Crippen LogP contribution in [-0.4, -0.2) is 29.6 Å². The van der Waals surface area contributed by atoms with E-state index in [1.807, 2.05) is 5.32 Å². The molecule has 0 radical (unpaired) electrons. The van der Waals surface area contributed by atoms with Crippen molar-refractivity contribution in [3.63, 3.8) is 0 Å². The first-order chi connectivity index (χ1) is 10.4. The smallest absolute Gasteiger partial charge is 0.243 e. The lowest BCUT2D eigenvalue weighted by molar-refractivity contribution is -0.129. The van der Waals surface area contributed by atoms with Gasteiger partial charge in [0.05, 0.1) is 24.3 Å². The monoisotopic (exact) mass is 316 g/mol. The van der Waals surface area contributed by atoms with E-state index in [-0.39, 0.29) is 0 Å². The van der Waals surface area contributed by atoms with E-state index in [1.165, 1.54) is 0 Å². The molecule has 1 aliphatic rings. The maximum Gasteiger partial charge on any atom is 0.243 e. The molecule has 1 aromatic carbocycles. The van der Waals surface area contributed by atoms with Crippen molar-refractivity contribution in [2.24, 2.45) is 5.92 Å². The molecule has 2 unspecified atom stereocenters. The molecule has 8 heteroatoms. The van der Waals surface area contributed by atoms with E-state index < -0.39 is 53.5 Å². The zero-order chi connectivity index (χ0) is 16.3. The molecule has 0 saturated heterocycles. The van der Waals surface area contributed by atoms with Gasteiger partial charge in [-0.05, 0) is 31.4 Å². The molecule has 0 heterocycles. The summed E-state index contributed by atoms with van der Waals surface area (Å²) >= 11 is 0. The van der Waals surface area contributed by atoms with E-state index in [4.69, 9.17) is 0 Å². The lowest BCUT2D eigenvalue weighted by Crippen LogP contribution is -2.39. The second-order valence-corrected chi connectivity index (χ2v) is 5.09. The third kappa shape index (κ3) is 3.56. The molecule has 0 aliphatic heterocycles. The van der Waals surface area contributed by atoms with Gasteiger partial charge < -0.3 is 15.7 Å². The van der Waals surface area contributed by atoms with E-state index in [9.17, 15) is 27.9 Å². The highest BCUT2D eigenvalue weighted by molar-refractivity contribution is 5.95. The number of aliphatic hydroxyl groups excluding tert-OH is 1. The van der Waals surface area contributed by atoms with E-state index in [0.717, 1.165) is 12.5 Å². The van der Waals surface area contributed by atoms with Gasteiger partial charge in [0.15, 0.2) is 17.5 Å². The molecule has 120 valence electrons. The van der Waals surface area contributed by atoms with Crippen molar-refractivity contribution in [2.75, 3.05) is 11.9 Å². The van der Waals surface area contributed by atoms with Crippen molar-refractivity contribution >= 4 is 17.5 Å². The van der Waals surface area contributed by atoms with Crippen LogP contribution in [0.4, 0.5) is 18.9 Å². The van der Waals surface area contributed by atoms with Gasteiger partial charge in [-0.25, -0.2) is 13.2 Å². The second-order valence-electron chi connectivity index (χ2n) is 5.09. The topological polar surface area (TPSA) is 78.4 Å². The average molecular weight is 316 g/mol. The molecule has 22 heavy (non-hydrogen) atoms. The maximum atomic E-state index is 13.4. The first-order valence-corrected chi connectivity index (χ1v) is 6.79. The Bertz CT molecular complexity index is 595. The minimum Gasteiger partial charge on any atom is -0.392 e. The van der Waals surface area contributed by atoms with Crippen molar-refractivity contribution < 1.29 is 27.9 Å². The fourth-order valence-electron chi connectivity index (χ4n) is 2.36. The van der Waals surface area contributed by atoms with Crippen LogP contribution in [0.3, 0.4) is 0 Å². The largest absolute Gasteiger partial charge is 0.392 e. The number of carbonyl (C=O) groups is 2. The molecule has 0 spiro atoms. The number of nitrogens with one attached hydrogen (secondary N) is 2. The molecule has 0 aromatic heterocycles. The number of carbonyl (C=O) groups excluding carboxylic acids is 2. The SMILES string of the molecule is O=C(CNC(=O)C1CCCC1O)Nc1ccc(F)c(F)c1F. The number of benzene rings is 1. The maximum absolute atomic E-state index is 13.4. The third-order valence-electron chi connectivity index (χ3n) is 3.55. The van der Waals surface area contributed by atoms with Crippen LogP contribution in [0.2, 0.25) is 0 Å². The minimum absolute atomic E-state index is 0.458. The van der Waals surface area contributed by atoms with Crippen LogP contribution in [0, 0.1) is 23.4 Å². The van der Waals surface area contributed by atoms with Crippen LogP contribution in [-0.2, 0) is 9.59 Å². The summed E-state index contributed by atoms with van der Waals surface area (Å²) in [5.41, 5.74) is -0.515. The molecule has 2 amide bonds. The number of anilines is 1. The van der Waals surface area contributed by atoms with Gasteiger partial charge in [0.1, 0.15) is 0 Å². The van der Waals surface area contributed by atoms with Crippen molar-refractivity contribution in [1.29, 1.82) is 0 Å². The molecule has 1 aliphatic carbocycles. The zero-order valence-corrected chi connectivity index (χ0v) is 11.5. The van der Waals surface area contributed by atoms with E-state index in [1.54, 1.807) is 0 Å². The van der Waals surface area contributed by atoms with Crippen molar-refractivity contribution in [3.8, 4) is 0 Å². The Labute approximate surface area is 124 Å². The fourth-order valence-corrected chi connectivity index (χ4v) is 2.36. The van der Waals surface area contributed by atoms with E-state index in [0.29, 0.717) is 18.9 Å². The first kappa shape index (κ1) is 16.3. The minimum atomic E-state index is -1.68. The molecule has 1 aromatic rings. The molecule has 0 bridgehead atoms. The summed E-state index contributed by atoms with van der Waals surface area (Å²) in [6.45, 7) is -0.458. The lowest BCUT2D eigenvalue weighted by Gasteiger charge is -2.14. The summed E-state index contributed by atoms with van der Waals surface area (Å²) in [5, 5.41) is 13.9.